The lowest BCUT2D eigenvalue weighted by molar-refractivity contribution is -0.0793. The van der Waals surface area contributed by atoms with Gasteiger partial charge in [-0.2, -0.15) is 0 Å². The summed E-state index contributed by atoms with van der Waals surface area (Å²) in [5, 5.41) is 3.64. The van der Waals surface area contributed by atoms with Crippen molar-refractivity contribution in [2.24, 2.45) is 17.8 Å². The maximum Gasteiger partial charge on any atom is 0.0677 e. The zero-order valence-electron chi connectivity index (χ0n) is 13.8. The van der Waals surface area contributed by atoms with Crippen LogP contribution in [0.5, 0.6) is 0 Å². The average Bonchev–Trinajstić information content (AvgIpc) is 2.83. The molecule has 0 amide bonds. The van der Waals surface area contributed by atoms with Crippen LogP contribution in [0.4, 0.5) is 0 Å². The summed E-state index contributed by atoms with van der Waals surface area (Å²) < 4.78 is 6.30. The lowest BCUT2D eigenvalue weighted by atomic mass is 9.76. The number of hydrogen-bond acceptors (Lipinski definition) is 2. The zero-order valence-corrected chi connectivity index (χ0v) is 13.8. The molecule has 112 valence electrons. The largest absolute Gasteiger partial charge is 0.369 e. The van der Waals surface area contributed by atoms with Gasteiger partial charge in [0.15, 0.2) is 0 Å². The van der Waals surface area contributed by atoms with Gasteiger partial charge in [-0.3, -0.25) is 0 Å². The smallest absolute Gasteiger partial charge is 0.0677 e. The first kappa shape index (κ1) is 15.3. The van der Waals surface area contributed by atoms with Crippen molar-refractivity contribution in [1.82, 2.24) is 5.32 Å². The van der Waals surface area contributed by atoms with Crippen LogP contribution in [0.25, 0.3) is 0 Å². The van der Waals surface area contributed by atoms with Gasteiger partial charge >= 0.3 is 0 Å². The minimum absolute atomic E-state index is 0.00147. The minimum atomic E-state index is 0.00147. The normalized spacial score (nSPS) is 38.5. The van der Waals surface area contributed by atoms with E-state index in [0.717, 1.165) is 11.8 Å². The second-order valence-electron chi connectivity index (χ2n) is 7.94. The fraction of sp³-hybridized carbons (Fsp3) is 1.00. The van der Waals surface area contributed by atoms with E-state index in [-0.39, 0.29) is 11.2 Å². The van der Waals surface area contributed by atoms with Crippen molar-refractivity contribution in [3.05, 3.63) is 0 Å². The first-order chi connectivity index (χ1) is 8.79. The van der Waals surface area contributed by atoms with Crippen LogP contribution >= 0.6 is 0 Å². The Morgan fingerprint density at radius 3 is 2.32 bits per heavy atom. The van der Waals surface area contributed by atoms with Crippen molar-refractivity contribution >= 4 is 0 Å². The predicted molar refractivity (Wildman–Crippen MR) is 81.3 cm³/mol. The summed E-state index contributed by atoms with van der Waals surface area (Å²) >= 11 is 0. The van der Waals surface area contributed by atoms with Gasteiger partial charge in [0.05, 0.1) is 11.2 Å². The minimum Gasteiger partial charge on any atom is -0.369 e. The second-order valence-corrected chi connectivity index (χ2v) is 7.94. The molecule has 0 aromatic rings. The standard InChI is InChI=1S/C17H33NO/c1-7-12-8-9-13(10-12)15(18-6)14-11-16(2,3)19-17(14,4)5/h12-15,18H,7-11H2,1-6H3. The molecule has 1 N–H and O–H groups in total. The highest BCUT2D eigenvalue weighted by molar-refractivity contribution is 5.02. The Hall–Kier alpha value is -0.0800. The number of hydrogen-bond donors (Lipinski definition) is 1. The Labute approximate surface area is 119 Å². The van der Waals surface area contributed by atoms with Gasteiger partial charge in [0, 0.05) is 12.0 Å². The van der Waals surface area contributed by atoms with Crippen LogP contribution in [-0.4, -0.2) is 24.3 Å². The van der Waals surface area contributed by atoms with Crippen molar-refractivity contribution in [3.8, 4) is 0 Å². The van der Waals surface area contributed by atoms with Crippen molar-refractivity contribution in [2.75, 3.05) is 7.05 Å². The predicted octanol–water partition coefficient (Wildman–Crippen LogP) is 3.99. The molecule has 0 aromatic heterocycles. The van der Waals surface area contributed by atoms with Crippen LogP contribution in [0.3, 0.4) is 0 Å². The third kappa shape index (κ3) is 3.16. The Kier molecular flexibility index (Phi) is 4.32. The lowest BCUT2D eigenvalue weighted by Gasteiger charge is -2.36. The summed E-state index contributed by atoms with van der Waals surface area (Å²) in [5.41, 5.74) is 0.0352. The fourth-order valence-corrected chi connectivity index (χ4v) is 4.74. The van der Waals surface area contributed by atoms with E-state index in [1.807, 2.05) is 0 Å². The zero-order chi connectivity index (χ0) is 14.3. The van der Waals surface area contributed by atoms with E-state index in [0.29, 0.717) is 12.0 Å². The average molecular weight is 267 g/mol. The number of rotatable bonds is 4. The first-order valence-electron chi connectivity index (χ1n) is 8.16. The molecule has 0 aromatic carbocycles. The van der Waals surface area contributed by atoms with Gasteiger partial charge in [-0.25, -0.2) is 0 Å². The second kappa shape index (κ2) is 5.37. The Morgan fingerprint density at radius 2 is 1.89 bits per heavy atom. The monoisotopic (exact) mass is 267 g/mol. The highest BCUT2D eigenvalue weighted by Gasteiger charge is 2.50. The molecule has 2 aliphatic rings. The van der Waals surface area contributed by atoms with Gasteiger partial charge in [0.2, 0.25) is 0 Å². The Balaban J connectivity index is 2.10. The topological polar surface area (TPSA) is 21.3 Å². The molecule has 1 heterocycles. The molecule has 19 heavy (non-hydrogen) atoms. The molecule has 2 fully saturated rings. The molecule has 1 aliphatic heterocycles. The molecular weight excluding hydrogens is 234 g/mol. The maximum absolute atomic E-state index is 6.30. The van der Waals surface area contributed by atoms with E-state index in [1.165, 1.54) is 32.1 Å². The van der Waals surface area contributed by atoms with Crippen LogP contribution in [0.2, 0.25) is 0 Å². The van der Waals surface area contributed by atoms with Gasteiger partial charge in [-0.05, 0) is 65.8 Å². The van der Waals surface area contributed by atoms with E-state index >= 15 is 0 Å². The first-order valence-corrected chi connectivity index (χ1v) is 8.16. The highest BCUT2D eigenvalue weighted by Crippen LogP contribution is 2.47. The van der Waals surface area contributed by atoms with E-state index in [2.05, 4.69) is 47.0 Å². The van der Waals surface area contributed by atoms with Gasteiger partial charge < -0.3 is 10.1 Å². The van der Waals surface area contributed by atoms with E-state index in [9.17, 15) is 0 Å². The Morgan fingerprint density at radius 1 is 1.21 bits per heavy atom. The Bertz CT molecular complexity index is 310. The highest BCUT2D eigenvalue weighted by atomic mass is 16.5. The molecular formula is C17H33NO. The summed E-state index contributed by atoms with van der Waals surface area (Å²) in [5.74, 6) is 2.43. The third-order valence-electron chi connectivity index (χ3n) is 5.58. The molecule has 2 nitrogen and oxygen atoms in total. The molecule has 0 spiro atoms. The van der Waals surface area contributed by atoms with Crippen molar-refractivity contribution in [3.63, 3.8) is 0 Å². The third-order valence-corrected chi connectivity index (χ3v) is 5.58. The van der Waals surface area contributed by atoms with Crippen molar-refractivity contribution in [1.29, 1.82) is 0 Å². The molecule has 1 aliphatic carbocycles. The molecule has 4 unspecified atom stereocenters. The van der Waals surface area contributed by atoms with E-state index in [1.54, 1.807) is 0 Å². The number of nitrogens with one attached hydrogen (secondary N) is 1. The van der Waals surface area contributed by atoms with Crippen molar-refractivity contribution < 1.29 is 4.74 Å². The van der Waals surface area contributed by atoms with Crippen LogP contribution < -0.4 is 5.32 Å². The molecule has 2 heteroatoms. The summed E-state index contributed by atoms with van der Waals surface area (Å²) in [6.45, 7) is 11.4. The fourth-order valence-electron chi connectivity index (χ4n) is 4.74. The molecule has 0 radical (unpaired) electrons. The maximum atomic E-state index is 6.30. The van der Waals surface area contributed by atoms with Gasteiger partial charge in [-0.1, -0.05) is 19.8 Å². The van der Waals surface area contributed by atoms with Crippen LogP contribution in [0.1, 0.15) is 66.7 Å². The molecule has 2 rings (SSSR count). The van der Waals surface area contributed by atoms with Crippen molar-refractivity contribution in [2.45, 2.75) is 84.0 Å². The lowest BCUT2D eigenvalue weighted by Crippen LogP contribution is -2.46. The van der Waals surface area contributed by atoms with Crippen LogP contribution in [0.15, 0.2) is 0 Å². The summed E-state index contributed by atoms with van der Waals surface area (Å²) in [7, 11) is 2.14. The molecule has 1 saturated heterocycles. The summed E-state index contributed by atoms with van der Waals surface area (Å²) in [4.78, 5) is 0. The SMILES string of the molecule is CCC1CCC(C(NC)C2CC(C)(C)OC2(C)C)C1. The van der Waals surface area contributed by atoms with Gasteiger partial charge in [0.1, 0.15) is 0 Å². The molecule has 4 atom stereocenters. The van der Waals surface area contributed by atoms with E-state index < -0.39 is 0 Å². The molecule has 1 saturated carbocycles. The quantitative estimate of drug-likeness (QED) is 0.831. The summed E-state index contributed by atoms with van der Waals surface area (Å²) in [6.07, 6.45) is 6.77. The van der Waals surface area contributed by atoms with Crippen LogP contribution in [0, 0.1) is 17.8 Å². The number of ether oxygens (including phenoxy) is 1. The summed E-state index contributed by atoms with van der Waals surface area (Å²) in [6, 6.07) is 0.619. The molecule has 0 bridgehead atoms. The van der Waals surface area contributed by atoms with E-state index in [4.69, 9.17) is 4.74 Å². The van der Waals surface area contributed by atoms with Gasteiger partial charge in [0.25, 0.3) is 0 Å². The van der Waals surface area contributed by atoms with Crippen LogP contribution in [-0.2, 0) is 4.74 Å². The van der Waals surface area contributed by atoms with Gasteiger partial charge in [-0.15, -0.1) is 0 Å².